The molecule has 0 aromatic carbocycles. The Balaban J connectivity index is 1.44. The lowest BCUT2D eigenvalue weighted by Gasteiger charge is -2.44. The van der Waals surface area contributed by atoms with Crippen LogP contribution in [0.5, 0.6) is 0 Å². The Morgan fingerprint density at radius 1 is 1.32 bits per heavy atom. The van der Waals surface area contributed by atoms with Gasteiger partial charge in [0.25, 0.3) is 0 Å². The van der Waals surface area contributed by atoms with Gasteiger partial charge in [-0.3, -0.25) is 4.99 Å². The van der Waals surface area contributed by atoms with E-state index >= 15 is 0 Å². The van der Waals surface area contributed by atoms with Crippen LogP contribution in [0.25, 0.3) is 0 Å². The quantitative estimate of drug-likeness (QED) is 0.847. The van der Waals surface area contributed by atoms with Crippen molar-refractivity contribution in [2.45, 2.75) is 49.1 Å². The lowest BCUT2D eigenvalue weighted by atomic mass is 9.82. The van der Waals surface area contributed by atoms with Gasteiger partial charge in [0, 0.05) is 37.7 Å². The topological polar surface area (TPSA) is 63.8 Å². The molecule has 0 bridgehead atoms. The molecule has 0 radical (unpaired) electrons. The average Bonchev–Trinajstić information content (AvgIpc) is 3.13. The molecule has 5 aliphatic rings. The third-order valence-corrected chi connectivity index (χ3v) is 7.48. The van der Waals surface area contributed by atoms with E-state index in [1.165, 1.54) is 31.5 Å². The molecule has 130 valence electrons. The van der Waals surface area contributed by atoms with Crippen molar-refractivity contribution >= 4 is 23.3 Å². The van der Waals surface area contributed by atoms with Crippen LogP contribution in [-0.4, -0.2) is 46.5 Å². The maximum atomic E-state index is 8.99. The first kappa shape index (κ1) is 15.7. The molecule has 0 unspecified atom stereocenters. The van der Waals surface area contributed by atoms with Crippen LogP contribution in [0.2, 0.25) is 0 Å². The van der Waals surface area contributed by atoms with Crippen molar-refractivity contribution in [2.75, 3.05) is 13.1 Å². The maximum Gasteiger partial charge on any atom is 0.177 e. The fourth-order valence-electron chi connectivity index (χ4n) is 4.82. The molecule has 2 atom stereocenters. The number of hydrogen-bond acceptors (Lipinski definition) is 6. The zero-order valence-corrected chi connectivity index (χ0v) is 15.1. The molecule has 0 amide bonds. The molecule has 0 aromatic rings. The van der Waals surface area contributed by atoms with Gasteiger partial charge in [-0.1, -0.05) is 11.8 Å². The van der Waals surface area contributed by atoms with Crippen molar-refractivity contribution in [3.05, 3.63) is 23.8 Å². The van der Waals surface area contributed by atoms with E-state index in [0.717, 1.165) is 18.8 Å². The van der Waals surface area contributed by atoms with Crippen molar-refractivity contribution in [1.82, 2.24) is 10.2 Å². The zero-order chi connectivity index (χ0) is 16.9. The Morgan fingerprint density at radius 3 is 2.88 bits per heavy atom. The van der Waals surface area contributed by atoms with E-state index in [4.69, 9.17) is 10.3 Å². The highest BCUT2D eigenvalue weighted by Gasteiger charge is 2.56. The van der Waals surface area contributed by atoms with Crippen LogP contribution < -0.4 is 5.32 Å². The molecule has 1 saturated carbocycles. The van der Waals surface area contributed by atoms with Gasteiger partial charge in [-0.05, 0) is 49.2 Å². The van der Waals surface area contributed by atoms with Crippen LogP contribution in [0.15, 0.2) is 33.7 Å². The summed E-state index contributed by atoms with van der Waals surface area (Å²) in [6.45, 7) is 2.08. The Kier molecular flexibility index (Phi) is 3.76. The standard InChI is InChI=1S/C19H23N5S/c20-8-5-13-1-3-15(4-2-13)24-17-6-9-22-16-7-10-25-19(16,17)23-18(24)14-11-21-12-14/h6-7,9-10,13-15,17,21H,1-5,11-12H2/t13?,15?,17-,19+/m1/s1. The largest absolute Gasteiger partial charge is 0.347 e. The second-order valence-electron chi connectivity index (χ2n) is 7.69. The smallest absolute Gasteiger partial charge is 0.177 e. The van der Waals surface area contributed by atoms with E-state index < -0.39 is 0 Å². The number of nitriles is 1. The minimum Gasteiger partial charge on any atom is -0.347 e. The van der Waals surface area contributed by atoms with Crippen molar-refractivity contribution in [3.8, 4) is 6.07 Å². The molecule has 1 saturated heterocycles. The highest BCUT2D eigenvalue weighted by Crippen LogP contribution is 2.49. The van der Waals surface area contributed by atoms with Gasteiger partial charge in [0.15, 0.2) is 4.87 Å². The second-order valence-corrected chi connectivity index (χ2v) is 8.82. The first-order valence-corrected chi connectivity index (χ1v) is 10.2. The summed E-state index contributed by atoms with van der Waals surface area (Å²) in [6.07, 6.45) is 11.8. The number of nitrogens with zero attached hydrogens (tertiary/aromatic N) is 4. The summed E-state index contributed by atoms with van der Waals surface area (Å²) in [6, 6.07) is 3.19. The van der Waals surface area contributed by atoms with Crippen LogP contribution in [0.4, 0.5) is 0 Å². The molecule has 4 heterocycles. The van der Waals surface area contributed by atoms with Crippen LogP contribution in [-0.2, 0) is 0 Å². The van der Waals surface area contributed by atoms with Gasteiger partial charge in [-0.15, -0.1) is 0 Å². The van der Waals surface area contributed by atoms with Crippen LogP contribution in [0.3, 0.4) is 0 Å². The number of rotatable bonds is 3. The number of nitrogens with one attached hydrogen (secondary N) is 1. The molecule has 1 aliphatic carbocycles. The van der Waals surface area contributed by atoms with Gasteiger partial charge in [-0.2, -0.15) is 5.26 Å². The van der Waals surface area contributed by atoms with E-state index in [2.05, 4.69) is 38.8 Å². The maximum absolute atomic E-state index is 8.99. The Hall–Kier alpha value is -1.58. The van der Waals surface area contributed by atoms with Crippen LogP contribution in [0.1, 0.15) is 32.1 Å². The highest BCUT2D eigenvalue weighted by atomic mass is 32.2. The summed E-state index contributed by atoms with van der Waals surface area (Å²) in [5.74, 6) is 2.42. The average molecular weight is 353 g/mol. The van der Waals surface area contributed by atoms with Gasteiger partial charge in [0.2, 0.25) is 0 Å². The lowest BCUT2D eigenvalue weighted by Crippen LogP contribution is -2.57. The fraction of sp³-hybridized carbons (Fsp3) is 0.632. The Labute approximate surface area is 153 Å². The minimum absolute atomic E-state index is 0.247. The third kappa shape index (κ3) is 2.32. The van der Waals surface area contributed by atoms with Gasteiger partial charge in [0.1, 0.15) is 5.84 Å². The van der Waals surface area contributed by atoms with Gasteiger partial charge >= 0.3 is 0 Å². The lowest BCUT2D eigenvalue weighted by molar-refractivity contribution is 0.180. The highest BCUT2D eigenvalue weighted by molar-refractivity contribution is 8.04. The third-order valence-electron chi connectivity index (χ3n) is 6.30. The molecular formula is C19H23N5S. The predicted molar refractivity (Wildman–Crippen MR) is 101 cm³/mol. The van der Waals surface area contributed by atoms with Crippen molar-refractivity contribution in [1.29, 1.82) is 5.26 Å². The Morgan fingerprint density at radius 2 is 2.16 bits per heavy atom. The summed E-state index contributed by atoms with van der Waals surface area (Å²) in [7, 11) is 0. The zero-order valence-electron chi connectivity index (χ0n) is 14.3. The summed E-state index contributed by atoms with van der Waals surface area (Å²) < 4.78 is 0. The summed E-state index contributed by atoms with van der Waals surface area (Å²) in [5.41, 5.74) is 1.11. The molecule has 25 heavy (non-hydrogen) atoms. The van der Waals surface area contributed by atoms with Gasteiger partial charge in [0.05, 0.1) is 17.8 Å². The van der Waals surface area contributed by atoms with Crippen LogP contribution >= 0.6 is 11.8 Å². The molecule has 5 rings (SSSR count). The first-order chi connectivity index (χ1) is 12.3. The number of aliphatic imine (C=N–C) groups is 2. The van der Waals surface area contributed by atoms with Crippen molar-refractivity contribution < 1.29 is 0 Å². The van der Waals surface area contributed by atoms with Crippen molar-refractivity contribution in [3.63, 3.8) is 0 Å². The molecule has 4 aliphatic heterocycles. The van der Waals surface area contributed by atoms with E-state index in [1.54, 1.807) is 0 Å². The summed E-state index contributed by atoms with van der Waals surface area (Å²) >= 11 is 1.82. The fourth-order valence-corrected chi connectivity index (χ4v) is 5.94. The van der Waals surface area contributed by atoms with E-state index in [1.807, 2.05) is 18.0 Å². The van der Waals surface area contributed by atoms with Crippen molar-refractivity contribution in [2.24, 2.45) is 21.8 Å². The van der Waals surface area contributed by atoms with E-state index in [0.29, 0.717) is 24.3 Å². The molecule has 5 nitrogen and oxygen atoms in total. The molecule has 0 aromatic heterocycles. The number of hydrogen-bond donors (Lipinski definition) is 1. The van der Waals surface area contributed by atoms with Gasteiger partial charge in [-0.25, -0.2) is 4.99 Å². The van der Waals surface area contributed by atoms with E-state index in [-0.39, 0.29) is 10.9 Å². The van der Waals surface area contributed by atoms with E-state index in [9.17, 15) is 0 Å². The SMILES string of the molecule is N#CCC1CCC(N2C(C3CNC3)=N[C@]34SC=CC3=NC=C[C@@H]24)CC1. The summed E-state index contributed by atoms with van der Waals surface area (Å²) in [5, 5.41) is 14.6. The Bertz CT molecular complexity index is 721. The molecular weight excluding hydrogens is 330 g/mol. The molecule has 1 N–H and O–H groups in total. The number of thioether (sulfide) groups is 1. The number of amidine groups is 1. The molecule has 2 fully saturated rings. The molecule has 6 heteroatoms. The minimum atomic E-state index is -0.247. The first-order valence-electron chi connectivity index (χ1n) is 9.37. The van der Waals surface area contributed by atoms with Crippen LogP contribution in [0, 0.1) is 23.2 Å². The monoisotopic (exact) mass is 353 g/mol. The predicted octanol–water partition coefficient (Wildman–Crippen LogP) is 2.69. The second kappa shape index (κ2) is 6.00. The normalized spacial score (nSPS) is 39.3. The molecule has 1 spiro atoms. The summed E-state index contributed by atoms with van der Waals surface area (Å²) in [4.78, 5) is 12.3. The van der Waals surface area contributed by atoms with Gasteiger partial charge < -0.3 is 10.2 Å².